The number of nitrogens with zero attached hydrogens (tertiary/aromatic N) is 3. The Morgan fingerprint density at radius 1 is 1.31 bits per heavy atom. The molecule has 4 heteroatoms. The van der Waals surface area contributed by atoms with Gasteiger partial charge in [0.2, 0.25) is 0 Å². The summed E-state index contributed by atoms with van der Waals surface area (Å²) in [7, 11) is 3.85. The molecule has 0 aromatic carbocycles. The molecule has 0 saturated carbocycles. The fourth-order valence-corrected chi connectivity index (χ4v) is 1.65. The van der Waals surface area contributed by atoms with Gasteiger partial charge in [0, 0.05) is 20.2 Å². The third-order valence-electron chi connectivity index (χ3n) is 2.41. The molecule has 1 N–H and O–H groups in total. The maximum atomic E-state index is 9.24. The number of aromatic nitrogens is 2. The van der Waals surface area contributed by atoms with Gasteiger partial charge < -0.3 is 4.90 Å². The van der Waals surface area contributed by atoms with Crippen LogP contribution >= 0.6 is 0 Å². The highest BCUT2D eigenvalue weighted by Gasteiger charge is 2.17. The number of H-pyrrole nitrogens is 1. The van der Waals surface area contributed by atoms with E-state index in [1.165, 1.54) is 0 Å². The molecule has 0 aliphatic carbocycles. The van der Waals surface area contributed by atoms with E-state index in [1.54, 1.807) is 0 Å². The summed E-state index contributed by atoms with van der Waals surface area (Å²) >= 11 is 0. The van der Waals surface area contributed by atoms with Gasteiger partial charge in [-0.25, -0.2) is 9.55 Å². The molecule has 0 saturated heterocycles. The first kappa shape index (κ1) is 10.2. The van der Waals surface area contributed by atoms with Crippen molar-refractivity contribution in [3.8, 4) is 11.9 Å². The highest BCUT2D eigenvalue weighted by molar-refractivity contribution is 5.62. The lowest BCUT2D eigenvalue weighted by Gasteiger charge is -2.13. The number of aromatic amines is 1. The molecule has 0 fully saturated rings. The summed E-state index contributed by atoms with van der Waals surface area (Å²) in [6.07, 6.45) is 5.66. The van der Waals surface area contributed by atoms with Crippen molar-refractivity contribution in [2.75, 3.05) is 19.0 Å². The van der Waals surface area contributed by atoms with Crippen molar-refractivity contribution in [3.05, 3.63) is 42.4 Å². The smallest absolute Gasteiger partial charge is 0.304 e. The Balaban J connectivity index is 2.64. The molecule has 0 aliphatic heterocycles. The maximum absolute atomic E-state index is 9.24. The summed E-state index contributed by atoms with van der Waals surface area (Å²) in [5.74, 6) is 0.790. The van der Waals surface area contributed by atoms with Gasteiger partial charge in [-0.1, -0.05) is 0 Å². The summed E-state index contributed by atoms with van der Waals surface area (Å²) in [6.45, 7) is 0. The predicted molar refractivity (Wildman–Crippen MR) is 61.4 cm³/mol. The molecule has 2 rings (SSSR count). The van der Waals surface area contributed by atoms with Crippen molar-refractivity contribution in [2.24, 2.45) is 0 Å². The van der Waals surface area contributed by atoms with Crippen LogP contribution in [-0.2, 0) is 0 Å². The molecule has 2 aromatic rings. The lowest BCUT2D eigenvalue weighted by atomic mass is 10.2. The van der Waals surface area contributed by atoms with Crippen molar-refractivity contribution < 1.29 is 4.98 Å². The minimum Gasteiger partial charge on any atom is -0.376 e. The largest absolute Gasteiger partial charge is 0.376 e. The Labute approximate surface area is 94.4 Å². The van der Waals surface area contributed by atoms with Crippen LogP contribution in [0.15, 0.2) is 36.8 Å². The van der Waals surface area contributed by atoms with Crippen LogP contribution in [0.1, 0.15) is 5.56 Å². The monoisotopic (exact) mass is 213 g/mol. The SMILES string of the molecule is CN(C)c1cc[nH+]c(-n2cccc2)c1C#N. The molecule has 0 atom stereocenters. The van der Waals surface area contributed by atoms with Gasteiger partial charge in [0.05, 0.1) is 24.3 Å². The van der Waals surface area contributed by atoms with Gasteiger partial charge in [-0.05, 0) is 12.1 Å². The van der Waals surface area contributed by atoms with Crippen LogP contribution in [0.5, 0.6) is 0 Å². The first-order chi connectivity index (χ1) is 7.74. The molecule has 0 aliphatic rings. The van der Waals surface area contributed by atoms with Crippen molar-refractivity contribution in [2.45, 2.75) is 0 Å². The molecule has 16 heavy (non-hydrogen) atoms. The average Bonchev–Trinajstić information content (AvgIpc) is 2.81. The molecule has 0 unspecified atom stereocenters. The number of hydrogen-bond acceptors (Lipinski definition) is 2. The predicted octanol–water partition coefficient (Wildman–Crippen LogP) is 1.23. The summed E-state index contributed by atoms with van der Waals surface area (Å²) in [4.78, 5) is 5.03. The number of nitriles is 1. The molecule has 4 nitrogen and oxygen atoms in total. The van der Waals surface area contributed by atoms with E-state index in [4.69, 9.17) is 0 Å². The van der Waals surface area contributed by atoms with Crippen molar-refractivity contribution in [1.82, 2.24) is 4.57 Å². The van der Waals surface area contributed by atoms with E-state index in [2.05, 4.69) is 11.1 Å². The van der Waals surface area contributed by atoms with Gasteiger partial charge in [-0.3, -0.25) is 0 Å². The third-order valence-corrected chi connectivity index (χ3v) is 2.41. The summed E-state index contributed by atoms with van der Waals surface area (Å²) < 4.78 is 1.89. The van der Waals surface area contributed by atoms with Crippen molar-refractivity contribution in [1.29, 1.82) is 5.26 Å². The maximum Gasteiger partial charge on any atom is 0.304 e. The van der Waals surface area contributed by atoms with E-state index in [0.717, 1.165) is 11.5 Å². The first-order valence-electron chi connectivity index (χ1n) is 4.99. The molecule has 2 aromatic heterocycles. The van der Waals surface area contributed by atoms with Crippen LogP contribution in [0.4, 0.5) is 5.69 Å². The molecule has 0 radical (unpaired) electrons. The molecule has 2 heterocycles. The summed E-state index contributed by atoms with van der Waals surface area (Å²) in [6, 6.07) is 7.99. The van der Waals surface area contributed by atoms with Crippen LogP contribution in [-0.4, -0.2) is 18.7 Å². The third kappa shape index (κ3) is 1.63. The van der Waals surface area contributed by atoms with Gasteiger partial charge in [-0.2, -0.15) is 5.26 Å². The van der Waals surface area contributed by atoms with Crippen LogP contribution < -0.4 is 9.88 Å². The zero-order chi connectivity index (χ0) is 11.5. The second-order valence-corrected chi connectivity index (χ2v) is 3.68. The molecule has 80 valence electrons. The van der Waals surface area contributed by atoms with Crippen LogP contribution in [0.2, 0.25) is 0 Å². The van der Waals surface area contributed by atoms with Gasteiger partial charge in [0.15, 0.2) is 5.56 Å². The highest BCUT2D eigenvalue weighted by atomic mass is 15.1. The fraction of sp³-hybridized carbons (Fsp3) is 0.167. The Bertz CT molecular complexity index is 520. The molecular formula is C12H13N4+. The second-order valence-electron chi connectivity index (χ2n) is 3.68. The molecule has 0 bridgehead atoms. The molecule has 0 spiro atoms. The standard InChI is InChI=1S/C12H12N4/c1-15(2)11-5-6-14-12(10(11)9-13)16-7-3-4-8-16/h3-8H,1-2H3/p+1. The average molecular weight is 213 g/mol. The van der Waals surface area contributed by atoms with Gasteiger partial charge in [0.25, 0.3) is 0 Å². The second kappa shape index (κ2) is 4.07. The highest BCUT2D eigenvalue weighted by Crippen LogP contribution is 2.20. The number of rotatable bonds is 2. The number of nitrogens with one attached hydrogen (secondary N) is 1. The minimum absolute atomic E-state index is 0.642. The Kier molecular flexibility index (Phi) is 2.61. The number of hydrogen-bond donors (Lipinski definition) is 0. The zero-order valence-corrected chi connectivity index (χ0v) is 9.31. The lowest BCUT2D eigenvalue weighted by Crippen LogP contribution is -2.19. The summed E-state index contributed by atoms with van der Waals surface area (Å²) in [5, 5.41) is 9.24. The molecular weight excluding hydrogens is 200 g/mol. The lowest BCUT2D eigenvalue weighted by molar-refractivity contribution is -0.373. The molecule has 0 amide bonds. The Morgan fingerprint density at radius 3 is 2.56 bits per heavy atom. The quantitative estimate of drug-likeness (QED) is 0.753. The fourth-order valence-electron chi connectivity index (χ4n) is 1.65. The zero-order valence-electron chi connectivity index (χ0n) is 9.31. The van der Waals surface area contributed by atoms with E-state index >= 15 is 0 Å². The van der Waals surface area contributed by atoms with Crippen molar-refractivity contribution in [3.63, 3.8) is 0 Å². The van der Waals surface area contributed by atoms with Crippen LogP contribution in [0.3, 0.4) is 0 Å². The Morgan fingerprint density at radius 2 is 2.00 bits per heavy atom. The number of pyridine rings is 1. The topological polar surface area (TPSA) is 46.1 Å². The normalized spacial score (nSPS) is 9.81. The van der Waals surface area contributed by atoms with Crippen LogP contribution in [0, 0.1) is 11.3 Å². The van der Waals surface area contributed by atoms with Gasteiger partial charge in [0.1, 0.15) is 6.07 Å². The van der Waals surface area contributed by atoms with Crippen LogP contribution in [0.25, 0.3) is 5.82 Å². The van der Waals surface area contributed by atoms with Crippen molar-refractivity contribution >= 4 is 5.69 Å². The van der Waals surface area contributed by atoms with E-state index in [-0.39, 0.29) is 0 Å². The minimum atomic E-state index is 0.642. The van der Waals surface area contributed by atoms with E-state index in [0.29, 0.717) is 5.56 Å². The van der Waals surface area contributed by atoms with E-state index in [9.17, 15) is 5.26 Å². The summed E-state index contributed by atoms with van der Waals surface area (Å²) in [5.41, 5.74) is 1.55. The Hall–Kier alpha value is -2.28. The van der Waals surface area contributed by atoms with Gasteiger partial charge >= 0.3 is 5.82 Å². The van der Waals surface area contributed by atoms with Gasteiger partial charge in [-0.15, -0.1) is 0 Å². The number of anilines is 1. The first-order valence-corrected chi connectivity index (χ1v) is 4.99. The van der Waals surface area contributed by atoms with E-state index in [1.807, 2.05) is 60.4 Å². The van der Waals surface area contributed by atoms with E-state index < -0.39 is 0 Å².